The summed E-state index contributed by atoms with van der Waals surface area (Å²) in [5.41, 5.74) is 4.53. The van der Waals surface area contributed by atoms with Crippen LogP contribution in [0.15, 0.2) is 64.0 Å². The number of benzene rings is 3. The summed E-state index contributed by atoms with van der Waals surface area (Å²) in [6, 6.07) is 15.7. The fourth-order valence-corrected chi connectivity index (χ4v) is 5.52. The highest BCUT2D eigenvalue weighted by atomic mass is 79.9. The van der Waals surface area contributed by atoms with Crippen molar-refractivity contribution in [2.75, 3.05) is 11.5 Å². The van der Waals surface area contributed by atoms with Crippen LogP contribution in [0.1, 0.15) is 29.2 Å². The van der Waals surface area contributed by atoms with Gasteiger partial charge in [0.2, 0.25) is 0 Å². The van der Waals surface area contributed by atoms with Crippen molar-refractivity contribution >= 4 is 67.6 Å². The number of anilines is 1. The summed E-state index contributed by atoms with van der Waals surface area (Å²) in [4.78, 5) is 25.7. The van der Waals surface area contributed by atoms with Gasteiger partial charge in [-0.05, 0) is 101 Å². The predicted molar refractivity (Wildman–Crippen MR) is 154 cm³/mol. The lowest BCUT2D eigenvalue weighted by Crippen LogP contribution is -2.27. The molecule has 3 aromatic carbocycles. The minimum atomic E-state index is -0.442. The van der Waals surface area contributed by atoms with Crippen LogP contribution in [-0.4, -0.2) is 21.8 Å². The van der Waals surface area contributed by atoms with Crippen molar-refractivity contribution in [3.05, 3.63) is 96.3 Å². The molecule has 1 aliphatic rings. The van der Waals surface area contributed by atoms with Gasteiger partial charge >= 0.3 is 0 Å². The van der Waals surface area contributed by atoms with E-state index >= 15 is 0 Å². The van der Waals surface area contributed by atoms with Gasteiger partial charge in [0.1, 0.15) is 6.61 Å². The van der Waals surface area contributed by atoms with Crippen molar-refractivity contribution in [3.63, 3.8) is 0 Å². The number of carbonyl (C=O) groups is 1. The maximum absolute atomic E-state index is 13.2. The number of carbonyl (C=O) groups excluding carboxylic acids is 1. The van der Waals surface area contributed by atoms with Crippen LogP contribution >= 0.6 is 39.9 Å². The molecule has 37 heavy (non-hydrogen) atoms. The highest BCUT2D eigenvalue weighted by Crippen LogP contribution is 2.41. The fourth-order valence-electron chi connectivity index (χ4n) is 3.65. The van der Waals surface area contributed by atoms with E-state index in [9.17, 15) is 14.9 Å². The molecule has 10 heteroatoms. The number of non-ortho nitro benzene ring substituents is 1. The van der Waals surface area contributed by atoms with E-state index in [1.807, 2.05) is 51.1 Å². The summed E-state index contributed by atoms with van der Waals surface area (Å²) in [6.45, 7) is 6.51. The molecule has 1 saturated heterocycles. The summed E-state index contributed by atoms with van der Waals surface area (Å²) >= 11 is 10.3. The molecule has 0 spiro atoms. The van der Waals surface area contributed by atoms with Gasteiger partial charge in [-0.15, -0.1) is 0 Å². The van der Waals surface area contributed by atoms with Crippen LogP contribution in [0.4, 0.5) is 11.4 Å². The predicted octanol–water partition coefficient (Wildman–Crippen LogP) is 7.36. The van der Waals surface area contributed by atoms with Gasteiger partial charge in [-0.3, -0.25) is 19.8 Å². The molecule has 190 valence electrons. The normalized spacial score (nSPS) is 14.4. The van der Waals surface area contributed by atoms with Crippen molar-refractivity contribution in [1.29, 1.82) is 0 Å². The lowest BCUT2D eigenvalue weighted by Gasteiger charge is -2.16. The summed E-state index contributed by atoms with van der Waals surface area (Å²) in [6.07, 6.45) is 1.79. The molecule has 0 saturated carbocycles. The smallest absolute Gasteiger partial charge is 0.270 e. The molecule has 0 aliphatic carbocycles. The maximum Gasteiger partial charge on any atom is 0.270 e. The summed E-state index contributed by atoms with van der Waals surface area (Å²) in [5.74, 6) is 0.834. The van der Waals surface area contributed by atoms with Crippen molar-refractivity contribution in [3.8, 4) is 11.5 Å². The van der Waals surface area contributed by atoms with E-state index < -0.39 is 4.92 Å². The Morgan fingerprint density at radius 1 is 1.08 bits per heavy atom. The molecule has 0 atom stereocenters. The number of thioether (sulfide) groups is 1. The van der Waals surface area contributed by atoms with Crippen LogP contribution in [0.25, 0.3) is 6.08 Å². The molecule has 0 aromatic heterocycles. The monoisotopic (exact) mass is 598 g/mol. The molecular weight excluding hydrogens is 576 g/mol. The van der Waals surface area contributed by atoms with E-state index in [1.165, 1.54) is 23.9 Å². The van der Waals surface area contributed by atoms with Crippen LogP contribution in [0, 0.1) is 24.0 Å². The molecule has 0 radical (unpaired) electrons. The zero-order valence-electron chi connectivity index (χ0n) is 20.3. The van der Waals surface area contributed by atoms with Crippen LogP contribution in [0.3, 0.4) is 0 Å². The number of thiocarbonyl (C=S) groups is 1. The Bertz CT molecular complexity index is 1420. The average Bonchev–Trinajstić information content (AvgIpc) is 3.13. The van der Waals surface area contributed by atoms with E-state index in [4.69, 9.17) is 21.7 Å². The number of halogens is 1. The molecule has 3 aromatic rings. The highest BCUT2D eigenvalue weighted by Gasteiger charge is 2.33. The van der Waals surface area contributed by atoms with Crippen molar-refractivity contribution < 1.29 is 19.2 Å². The molecule has 1 aliphatic heterocycles. The Labute approximate surface area is 232 Å². The highest BCUT2D eigenvalue weighted by molar-refractivity contribution is 9.10. The first kappa shape index (κ1) is 26.8. The number of hydrogen-bond donors (Lipinski definition) is 0. The van der Waals surface area contributed by atoms with Crippen molar-refractivity contribution in [2.45, 2.75) is 27.4 Å². The van der Waals surface area contributed by atoms with Gasteiger partial charge < -0.3 is 9.47 Å². The second kappa shape index (κ2) is 11.5. The summed E-state index contributed by atoms with van der Waals surface area (Å²) in [5, 5.41) is 10.9. The van der Waals surface area contributed by atoms with Gasteiger partial charge in [-0.1, -0.05) is 30.0 Å². The number of nitro groups is 1. The number of aryl methyl sites for hydroxylation is 2. The number of nitrogens with zero attached hydrogens (tertiary/aromatic N) is 2. The van der Waals surface area contributed by atoms with Gasteiger partial charge in [-0.2, -0.15) is 0 Å². The Kier molecular flexibility index (Phi) is 8.31. The molecule has 0 N–H and O–H groups in total. The Morgan fingerprint density at radius 2 is 1.81 bits per heavy atom. The van der Waals surface area contributed by atoms with Gasteiger partial charge in [0.05, 0.1) is 26.6 Å². The molecule has 1 heterocycles. The third-order valence-corrected chi connectivity index (χ3v) is 7.59. The van der Waals surface area contributed by atoms with Gasteiger partial charge in [0.25, 0.3) is 11.6 Å². The summed E-state index contributed by atoms with van der Waals surface area (Å²) in [7, 11) is 0. The zero-order valence-corrected chi connectivity index (χ0v) is 23.5. The molecule has 7 nitrogen and oxygen atoms in total. The summed E-state index contributed by atoms with van der Waals surface area (Å²) < 4.78 is 13.0. The topological polar surface area (TPSA) is 81.9 Å². The van der Waals surface area contributed by atoms with E-state index in [1.54, 1.807) is 23.1 Å². The van der Waals surface area contributed by atoms with Gasteiger partial charge in [0, 0.05) is 12.1 Å². The minimum absolute atomic E-state index is 0.0206. The first-order valence-electron chi connectivity index (χ1n) is 11.4. The molecule has 4 rings (SSSR count). The third-order valence-electron chi connectivity index (χ3n) is 5.70. The fraction of sp³-hybridized carbons (Fsp3) is 0.185. The molecular formula is C27H23BrN2O5S2. The molecule has 0 unspecified atom stereocenters. The molecule has 0 bridgehead atoms. The standard InChI is InChI=1S/C27H23BrN2O5S2/c1-4-34-23-13-19(12-22(28)25(23)35-15-18-6-9-20(10-7-18)30(32)33)14-24-26(31)29(27(36)37-24)21-8-5-16(2)17(3)11-21/h5-14H,4,15H2,1-3H3. The van der Waals surface area contributed by atoms with Crippen molar-refractivity contribution in [2.24, 2.45) is 0 Å². The van der Waals surface area contributed by atoms with E-state index in [-0.39, 0.29) is 18.2 Å². The Morgan fingerprint density at radius 3 is 2.46 bits per heavy atom. The van der Waals surface area contributed by atoms with Gasteiger partial charge in [0.15, 0.2) is 15.8 Å². The minimum Gasteiger partial charge on any atom is -0.490 e. The van der Waals surface area contributed by atoms with Crippen molar-refractivity contribution in [1.82, 2.24) is 0 Å². The van der Waals surface area contributed by atoms with E-state index in [0.717, 1.165) is 27.9 Å². The maximum atomic E-state index is 13.2. The average molecular weight is 600 g/mol. The lowest BCUT2D eigenvalue weighted by atomic mass is 10.1. The number of rotatable bonds is 8. The van der Waals surface area contributed by atoms with Crippen LogP contribution in [0.2, 0.25) is 0 Å². The quantitative estimate of drug-likeness (QED) is 0.116. The number of hydrogen-bond acceptors (Lipinski definition) is 7. The van der Waals surface area contributed by atoms with Crippen LogP contribution < -0.4 is 14.4 Å². The first-order chi connectivity index (χ1) is 17.7. The van der Waals surface area contributed by atoms with Gasteiger partial charge in [-0.25, -0.2) is 0 Å². The molecule has 1 fully saturated rings. The van der Waals surface area contributed by atoms with E-state index in [2.05, 4.69) is 15.9 Å². The molecule has 1 amide bonds. The second-order valence-electron chi connectivity index (χ2n) is 8.26. The number of ether oxygens (including phenoxy) is 2. The third kappa shape index (κ3) is 6.03. The van der Waals surface area contributed by atoms with E-state index in [0.29, 0.717) is 31.8 Å². The largest absolute Gasteiger partial charge is 0.490 e. The zero-order chi connectivity index (χ0) is 26.7. The second-order valence-corrected chi connectivity index (χ2v) is 10.8. The Balaban J connectivity index is 1.58. The number of amides is 1. The first-order valence-corrected chi connectivity index (χ1v) is 13.4. The van der Waals surface area contributed by atoms with Crippen LogP contribution in [-0.2, 0) is 11.4 Å². The SMILES string of the molecule is CCOc1cc(C=C2SC(=S)N(c3ccc(C)c(C)c3)C2=O)cc(Br)c1OCc1ccc([N+](=O)[O-])cc1. The lowest BCUT2D eigenvalue weighted by molar-refractivity contribution is -0.384. The number of nitro benzene ring substituents is 1. The Hall–Kier alpha value is -3.21. The van der Waals surface area contributed by atoms with Crippen LogP contribution in [0.5, 0.6) is 11.5 Å².